The number of hydrogen-bond donors (Lipinski definition) is 0. The van der Waals surface area contributed by atoms with Gasteiger partial charge in [-0.2, -0.15) is 0 Å². The molecule has 0 spiro atoms. The van der Waals surface area contributed by atoms with Gasteiger partial charge in [-0.05, 0) is 30.4 Å². The third kappa shape index (κ3) is 7.36. The van der Waals surface area contributed by atoms with Crippen molar-refractivity contribution in [2.45, 2.75) is 51.6 Å². The van der Waals surface area contributed by atoms with E-state index in [0.29, 0.717) is 6.42 Å². The molecule has 0 fully saturated rings. The molecule has 0 nitrogen and oxygen atoms in total. The number of allylic oxidation sites excluding steroid dienone is 4. The second kappa shape index (κ2) is 11.6. The third-order valence-electron chi connectivity index (χ3n) is 3.73. The molecule has 2 atom stereocenters. The highest BCUT2D eigenvalue weighted by Crippen LogP contribution is 2.33. The van der Waals surface area contributed by atoms with Crippen LogP contribution in [-0.4, -0.2) is 12.3 Å². The molecule has 1 aromatic carbocycles. The molecule has 22 heavy (non-hydrogen) atoms. The lowest BCUT2D eigenvalue weighted by molar-refractivity contribution is 0.236. The summed E-state index contributed by atoms with van der Waals surface area (Å²) < 4.78 is 14.2. The second-order valence-corrected chi connectivity index (χ2v) is 7.34. The lowest BCUT2D eigenvalue weighted by atomic mass is 9.89. The van der Waals surface area contributed by atoms with Gasteiger partial charge in [0.05, 0.1) is 0 Å². The molecule has 2 unspecified atom stereocenters. The van der Waals surface area contributed by atoms with Crippen molar-refractivity contribution >= 4 is 8.58 Å². The summed E-state index contributed by atoms with van der Waals surface area (Å²) in [5.41, 5.74) is -0.564. The zero-order valence-electron chi connectivity index (χ0n) is 14.0. The van der Waals surface area contributed by atoms with Crippen molar-refractivity contribution in [1.82, 2.24) is 0 Å². The van der Waals surface area contributed by atoms with Crippen LogP contribution in [0, 0.1) is 0 Å². The molecule has 0 radical (unpaired) electrons. The largest absolute Gasteiger partial charge is 0.234 e. The van der Waals surface area contributed by atoms with Crippen molar-refractivity contribution in [3.8, 4) is 0 Å². The molecular weight excluding hydrogens is 290 g/mol. The van der Waals surface area contributed by atoms with Crippen LogP contribution in [0.2, 0.25) is 0 Å². The summed E-state index contributed by atoms with van der Waals surface area (Å²) in [6, 6.07) is 9.27. The third-order valence-corrected chi connectivity index (χ3v) is 4.94. The van der Waals surface area contributed by atoms with Gasteiger partial charge in [0.25, 0.3) is 0 Å². The number of benzene rings is 1. The maximum absolute atomic E-state index is 14.2. The monoisotopic (exact) mass is 320 g/mol. The summed E-state index contributed by atoms with van der Waals surface area (Å²) in [4.78, 5) is 0. The van der Waals surface area contributed by atoms with Gasteiger partial charge in [-0.15, -0.1) is 8.58 Å². The molecule has 0 N–H and O–H groups in total. The first kappa shape index (κ1) is 19.1. The van der Waals surface area contributed by atoms with Crippen LogP contribution >= 0.6 is 8.58 Å². The molecular formula is C20H30FP. The predicted molar refractivity (Wildman–Crippen MR) is 100.0 cm³/mol. The van der Waals surface area contributed by atoms with Gasteiger partial charge < -0.3 is 0 Å². The van der Waals surface area contributed by atoms with Crippen molar-refractivity contribution in [3.05, 3.63) is 60.2 Å². The van der Waals surface area contributed by atoms with Crippen LogP contribution in [0.1, 0.15) is 51.5 Å². The number of hydrogen-bond acceptors (Lipinski definition) is 0. The highest BCUT2D eigenvalue weighted by Gasteiger charge is 2.27. The lowest BCUT2D eigenvalue weighted by Gasteiger charge is -2.22. The number of rotatable bonds is 7. The minimum atomic E-state index is -1.30. The van der Waals surface area contributed by atoms with Crippen molar-refractivity contribution in [1.29, 1.82) is 0 Å². The molecule has 2 rings (SSSR count). The van der Waals surface area contributed by atoms with E-state index in [1.165, 1.54) is 46.6 Å². The van der Waals surface area contributed by atoms with Gasteiger partial charge in [0.15, 0.2) is 5.67 Å². The van der Waals surface area contributed by atoms with Crippen LogP contribution in [0.15, 0.2) is 54.6 Å². The highest BCUT2D eigenvalue weighted by molar-refractivity contribution is 7.37. The Labute approximate surface area is 137 Å². The van der Waals surface area contributed by atoms with E-state index >= 15 is 0 Å². The Morgan fingerprint density at radius 1 is 1.05 bits per heavy atom. The van der Waals surface area contributed by atoms with Crippen LogP contribution in [0.25, 0.3) is 0 Å². The Morgan fingerprint density at radius 2 is 1.82 bits per heavy atom. The summed E-state index contributed by atoms with van der Waals surface area (Å²) in [5, 5.41) is 0. The summed E-state index contributed by atoms with van der Waals surface area (Å²) in [5.74, 6) is 0. The lowest BCUT2D eigenvalue weighted by Crippen LogP contribution is -2.17. The second-order valence-electron chi connectivity index (χ2n) is 5.63. The molecule has 1 aromatic rings. The van der Waals surface area contributed by atoms with Crippen molar-refractivity contribution in [2.24, 2.45) is 0 Å². The van der Waals surface area contributed by atoms with Crippen LogP contribution in [0.4, 0.5) is 4.39 Å². The average Bonchev–Trinajstić information content (AvgIpc) is 2.57. The summed E-state index contributed by atoms with van der Waals surface area (Å²) >= 11 is 0. The Morgan fingerprint density at radius 3 is 2.41 bits per heavy atom. The van der Waals surface area contributed by atoms with Gasteiger partial charge in [-0.3, -0.25) is 0 Å². The Hall–Kier alpha value is -0.940. The van der Waals surface area contributed by atoms with Crippen molar-refractivity contribution in [2.75, 3.05) is 12.3 Å². The molecule has 0 saturated carbocycles. The zero-order valence-corrected chi connectivity index (χ0v) is 15.0. The first-order valence-electron chi connectivity index (χ1n) is 8.52. The molecule has 0 amide bonds. The van der Waals surface area contributed by atoms with Gasteiger partial charge in [0, 0.05) is 6.42 Å². The van der Waals surface area contributed by atoms with Gasteiger partial charge in [-0.25, -0.2) is 4.39 Å². The average molecular weight is 320 g/mol. The molecule has 122 valence electrons. The SMILES string of the molecule is CCCCCCPCC.FC1(c2ccccc2)C=CC=CC1. The molecule has 0 aromatic heterocycles. The fraction of sp³-hybridized carbons (Fsp3) is 0.500. The summed E-state index contributed by atoms with van der Waals surface area (Å²) in [7, 11) is 1.23. The van der Waals surface area contributed by atoms with Crippen LogP contribution in [0.5, 0.6) is 0 Å². The van der Waals surface area contributed by atoms with Crippen molar-refractivity contribution in [3.63, 3.8) is 0 Å². The fourth-order valence-electron chi connectivity index (χ4n) is 2.38. The van der Waals surface area contributed by atoms with Crippen molar-refractivity contribution < 1.29 is 4.39 Å². The standard InChI is InChI=1S/C12H11F.C8H19P/c13-12(9-5-2-6-10-12)11-7-3-1-4-8-11;1-3-5-6-7-8-9-4-2/h1-9H,10H2;9H,3-8H2,1-2H3. The van der Waals surface area contributed by atoms with E-state index in [2.05, 4.69) is 13.8 Å². The Balaban J connectivity index is 0.000000239. The topological polar surface area (TPSA) is 0 Å². The van der Waals surface area contributed by atoms with Gasteiger partial charge >= 0.3 is 0 Å². The summed E-state index contributed by atoms with van der Waals surface area (Å²) in [6.45, 7) is 4.54. The van der Waals surface area contributed by atoms with E-state index in [0.717, 1.165) is 5.56 Å². The number of halogens is 1. The van der Waals surface area contributed by atoms with Crippen LogP contribution in [0.3, 0.4) is 0 Å². The molecule has 0 aliphatic heterocycles. The molecule has 2 heteroatoms. The minimum absolute atomic E-state index is 0.438. The normalized spacial score (nSPS) is 20.1. The quantitative estimate of drug-likeness (QED) is 0.390. The minimum Gasteiger partial charge on any atom is -0.234 e. The molecule has 1 aliphatic carbocycles. The van der Waals surface area contributed by atoms with Crippen LogP contribution in [-0.2, 0) is 5.67 Å². The molecule has 0 bridgehead atoms. The van der Waals surface area contributed by atoms with E-state index in [1.54, 1.807) is 12.2 Å². The molecule has 0 saturated heterocycles. The van der Waals surface area contributed by atoms with Gasteiger partial charge in [0.2, 0.25) is 0 Å². The van der Waals surface area contributed by atoms with Gasteiger partial charge in [0.1, 0.15) is 0 Å². The molecule has 0 heterocycles. The Bertz CT molecular complexity index is 432. The van der Waals surface area contributed by atoms with E-state index < -0.39 is 5.67 Å². The zero-order chi connectivity index (χ0) is 16.1. The Kier molecular flexibility index (Phi) is 10.1. The maximum Gasteiger partial charge on any atom is 0.157 e. The fourth-order valence-corrected chi connectivity index (χ4v) is 3.23. The highest BCUT2D eigenvalue weighted by atomic mass is 31.1. The van der Waals surface area contributed by atoms with E-state index in [-0.39, 0.29) is 0 Å². The van der Waals surface area contributed by atoms with E-state index in [4.69, 9.17) is 0 Å². The first-order valence-corrected chi connectivity index (χ1v) is 9.94. The number of alkyl halides is 1. The van der Waals surface area contributed by atoms with Gasteiger partial charge in [-0.1, -0.05) is 81.7 Å². The van der Waals surface area contributed by atoms with Crippen LogP contribution < -0.4 is 0 Å². The van der Waals surface area contributed by atoms with E-state index in [1.807, 2.05) is 42.5 Å². The first-order chi connectivity index (χ1) is 10.7. The van der Waals surface area contributed by atoms with E-state index in [9.17, 15) is 4.39 Å². The molecule has 1 aliphatic rings. The number of unbranched alkanes of at least 4 members (excludes halogenated alkanes) is 3. The smallest absolute Gasteiger partial charge is 0.157 e. The summed E-state index contributed by atoms with van der Waals surface area (Å²) in [6.07, 6.45) is 16.2. The predicted octanol–water partition coefficient (Wildman–Crippen LogP) is 6.63. The maximum atomic E-state index is 14.2.